The second kappa shape index (κ2) is 5.45. The molecule has 0 saturated carbocycles. The van der Waals surface area contributed by atoms with Crippen molar-refractivity contribution >= 4 is 26.7 Å². The number of nitrogens with zero attached hydrogens (tertiary/aromatic N) is 2. The maximum absolute atomic E-state index is 12.4. The van der Waals surface area contributed by atoms with Crippen LogP contribution in [0, 0.1) is 0 Å². The average molecular weight is 343 g/mol. The van der Waals surface area contributed by atoms with Crippen LogP contribution in [0.3, 0.4) is 0 Å². The maximum atomic E-state index is 12.4. The molecular weight excluding hydrogens is 328 g/mol. The molecule has 3 rings (SSSR count). The first kappa shape index (κ1) is 14.0. The average Bonchev–Trinajstić information content (AvgIpc) is 2.49. The number of benzene rings is 2. The zero-order chi connectivity index (χ0) is 15.0. The molecule has 0 radical (unpaired) electrons. The number of hydrogen-bond acceptors (Lipinski definition) is 2. The van der Waals surface area contributed by atoms with Crippen molar-refractivity contribution in [3.05, 3.63) is 63.5 Å². The molecule has 0 aliphatic carbocycles. The second-order valence-corrected chi connectivity index (χ2v) is 6.04. The Hall–Kier alpha value is -1.94. The molecule has 0 bridgehead atoms. The van der Waals surface area contributed by atoms with Crippen molar-refractivity contribution in [2.45, 2.75) is 19.9 Å². The van der Waals surface area contributed by atoms with E-state index in [1.54, 1.807) is 6.20 Å². The number of rotatable bonds is 2. The highest BCUT2D eigenvalue weighted by molar-refractivity contribution is 9.10. The predicted molar refractivity (Wildman–Crippen MR) is 89.5 cm³/mol. The number of halogens is 1. The largest absolute Gasteiger partial charge is 0.281 e. The van der Waals surface area contributed by atoms with Crippen LogP contribution in [0.25, 0.3) is 21.9 Å². The van der Waals surface area contributed by atoms with Gasteiger partial charge in [0.05, 0.1) is 16.7 Å². The van der Waals surface area contributed by atoms with Crippen LogP contribution in [0.15, 0.2) is 57.9 Å². The van der Waals surface area contributed by atoms with Gasteiger partial charge < -0.3 is 0 Å². The molecule has 0 saturated heterocycles. The van der Waals surface area contributed by atoms with Crippen LogP contribution < -0.4 is 5.56 Å². The minimum absolute atomic E-state index is 0.0374. The lowest BCUT2D eigenvalue weighted by atomic mass is 10.00. The van der Waals surface area contributed by atoms with Gasteiger partial charge in [-0.1, -0.05) is 42.5 Å². The quantitative estimate of drug-likeness (QED) is 0.691. The monoisotopic (exact) mass is 342 g/mol. The topological polar surface area (TPSA) is 34.9 Å². The third-order valence-electron chi connectivity index (χ3n) is 3.51. The lowest BCUT2D eigenvalue weighted by molar-refractivity contribution is 0.501. The van der Waals surface area contributed by atoms with Crippen molar-refractivity contribution in [1.82, 2.24) is 9.78 Å². The Bertz CT molecular complexity index is 863. The van der Waals surface area contributed by atoms with Gasteiger partial charge in [0, 0.05) is 5.56 Å². The fourth-order valence-electron chi connectivity index (χ4n) is 2.46. The van der Waals surface area contributed by atoms with Gasteiger partial charge >= 0.3 is 0 Å². The standard InChI is InChI=1S/C17H15BrN2O/c1-11(2)20-17(21)16(18)15(10-19-20)14-9-5-7-12-6-3-4-8-13(12)14/h3-11H,1-2H3. The molecule has 0 aliphatic heterocycles. The summed E-state index contributed by atoms with van der Waals surface area (Å²) in [5, 5.41) is 6.56. The molecule has 106 valence electrons. The fraction of sp³-hybridized carbons (Fsp3) is 0.176. The highest BCUT2D eigenvalue weighted by Gasteiger charge is 2.13. The zero-order valence-electron chi connectivity index (χ0n) is 11.9. The highest BCUT2D eigenvalue weighted by Crippen LogP contribution is 2.31. The van der Waals surface area contributed by atoms with E-state index >= 15 is 0 Å². The van der Waals surface area contributed by atoms with Crippen LogP contribution in [-0.4, -0.2) is 9.78 Å². The third-order valence-corrected chi connectivity index (χ3v) is 4.28. The van der Waals surface area contributed by atoms with E-state index in [1.807, 2.05) is 38.1 Å². The molecule has 4 heteroatoms. The van der Waals surface area contributed by atoms with Crippen molar-refractivity contribution in [3.8, 4) is 11.1 Å². The first-order valence-electron chi connectivity index (χ1n) is 6.85. The van der Waals surface area contributed by atoms with E-state index < -0.39 is 0 Å². The fourth-order valence-corrected chi connectivity index (χ4v) is 2.96. The summed E-state index contributed by atoms with van der Waals surface area (Å²) in [6, 6.07) is 14.3. The summed E-state index contributed by atoms with van der Waals surface area (Å²) in [6.45, 7) is 3.89. The smallest absolute Gasteiger partial charge is 0.266 e. The SMILES string of the molecule is CC(C)n1ncc(-c2cccc3ccccc23)c(Br)c1=O. The van der Waals surface area contributed by atoms with Gasteiger partial charge in [-0.3, -0.25) is 4.79 Å². The van der Waals surface area contributed by atoms with E-state index in [-0.39, 0.29) is 11.6 Å². The molecule has 1 aromatic heterocycles. The van der Waals surface area contributed by atoms with E-state index in [0.29, 0.717) is 4.47 Å². The summed E-state index contributed by atoms with van der Waals surface area (Å²) in [5.74, 6) is 0. The van der Waals surface area contributed by atoms with Crippen LogP contribution in [-0.2, 0) is 0 Å². The summed E-state index contributed by atoms with van der Waals surface area (Å²) in [5.41, 5.74) is 1.74. The Kier molecular flexibility index (Phi) is 3.64. The van der Waals surface area contributed by atoms with Gasteiger partial charge in [0.1, 0.15) is 0 Å². The van der Waals surface area contributed by atoms with Gasteiger partial charge in [-0.15, -0.1) is 0 Å². The first-order valence-corrected chi connectivity index (χ1v) is 7.64. The number of fused-ring (bicyclic) bond motifs is 1. The molecular formula is C17H15BrN2O. The van der Waals surface area contributed by atoms with E-state index in [1.165, 1.54) is 4.68 Å². The van der Waals surface area contributed by atoms with Gasteiger partial charge in [0.25, 0.3) is 5.56 Å². The molecule has 2 aromatic carbocycles. The molecule has 0 fully saturated rings. The van der Waals surface area contributed by atoms with Gasteiger partial charge in [0.2, 0.25) is 0 Å². The van der Waals surface area contributed by atoms with Gasteiger partial charge in [0.15, 0.2) is 0 Å². The molecule has 1 heterocycles. The van der Waals surface area contributed by atoms with Gasteiger partial charge in [-0.05, 0) is 46.1 Å². The minimum atomic E-state index is -0.101. The van der Waals surface area contributed by atoms with Crippen LogP contribution in [0.4, 0.5) is 0 Å². The molecule has 0 unspecified atom stereocenters. The molecule has 0 atom stereocenters. The van der Waals surface area contributed by atoms with E-state index in [0.717, 1.165) is 21.9 Å². The molecule has 3 aromatic rings. The van der Waals surface area contributed by atoms with Crippen molar-refractivity contribution in [2.75, 3.05) is 0 Å². The van der Waals surface area contributed by atoms with E-state index in [2.05, 4.69) is 39.2 Å². The highest BCUT2D eigenvalue weighted by atomic mass is 79.9. The molecule has 21 heavy (non-hydrogen) atoms. The Balaban J connectivity index is 2.29. The molecule has 3 nitrogen and oxygen atoms in total. The lowest BCUT2D eigenvalue weighted by Gasteiger charge is -2.12. The van der Waals surface area contributed by atoms with E-state index in [4.69, 9.17) is 0 Å². The van der Waals surface area contributed by atoms with Gasteiger partial charge in [-0.25, -0.2) is 4.68 Å². The zero-order valence-corrected chi connectivity index (χ0v) is 13.5. The predicted octanol–water partition coefficient (Wildman–Crippen LogP) is 4.41. The Labute approximate surface area is 131 Å². The summed E-state index contributed by atoms with van der Waals surface area (Å²) in [6.07, 6.45) is 1.76. The summed E-state index contributed by atoms with van der Waals surface area (Å²) < 4.78 is 2.04. The molecule has 0 aliphatic rings. The Morgan fingerprint density at radius 3 is 2.52 bits per heavy atom. The van der Waals surface area contributed by atoms with Crippen molar-refractivity contribution in [1.29, 1.82) is 0 Å². The van der Waals surface area contributed by atoms with Crippen LogP contribution in [0.1, 0.15) is 19.9 Å². The number of aromatic nitrogens is 2. The van der Waals surface area contributed by atoms with Gasteiger partial charge in [-0.2, -0.15) is 5.10 Å². The summed E-state index contributed by atoms with van der Waals surface area (Å²) in [4.78, 5) is 12.4. The summed E-state index contributed by atoms with van der Waals surface area (Å²) in [7, 11) is 0. The van der Waals surface area contributed by atoms with E-state index in [9.17, 15) is 4.79 Å². The maximum Gasteiger partial charge on any atom is 0.281 e. The minimum Gasteiger partial charge on any atom is -0.266 e. The lowest BCUT2D eigenvalue weighted by Crippen LogP contribution is -2.25. The molecule has 0 spiro atoms. The van der Waals surface area contributed by atoms with Crippen LogP contribution in [0.5, 0.6) is 0 Å². The van der Waals surface area contributed by atoms with Crippen molar-refractivity contribution in [2.24, 2.45) is 0 Å². The Morgan fingerprint density at radius 1 is 1.05 bits per heavy atom. The number of hydrogen-bond donors (Lipinski definition) is 0. The van der Waals surface area contributed by atoms with Crippen LogP contribution >= 0.6 is 15.9 Å². The second-order valence-electron chi connectivity index (χ2n) is 5.24. The van der Waals surface area contributed by atoms with Crippen molar-refractivity contribution < 1.29 is 0 Å². The molecule has 0 N–H and O–H groups in total. The normalized spacial score (nSPS) is 11.2. The third kappa shape index (κ3) is 2.40. The summed E-state index contributed by atoms with van der Waals surface area (Å²) >= 11 is 3.45. The molecule has 0 amide bonds. The first-order chi connectivity index (χ1) is 10.1. The van der Waals surface area contributed by atoms with Crippen LogP contribution in [0.2, 0.25) is 0 Å². The van der Waals surface area contributed by atoms with Crippen molar-refractivity contribution in [3.63, 3.8) is 0 Å². The Morgan fingerprint density at radius 2 is 1.76 bits per heavy atom.